The van der Waals surface area contributed by atoms with Gasteiger partial charge in [0.05, 0.1) is 17.3 Å². The number of Topliss-reactive ketones (excluding diaryl/α,β-unsaturated/α-hetero) is 1. The van der Waals surface area contributed by atoms with Crippen LogP contribution in [0.2, 0.25) is 0 Å². The fourth-order valence-corrected chi connectivity index (χ4v) is 4.69. The second-order valence-corrected chi connectivity index (χ2v) is 11.2. The summed E-state index contributed by atoms with van der Waals surface area (Å²) in [5, 5.41) is 25.7. The minimum atomic E-state index is -0.869. The average molecular weight is 525 g/mol. The summed E-state index contributed by atoms with van der Waals surface area (Å²) in [7, 11) is 0. The molecule has 10 heteroatoms. The molecule has 2 amide bonds. The number of phenols is 1. The number of nitrogens with one attached hydrogen (secondary N) is 2. The molecule has 1 aromatic carbocycles. The number of nitriles is 1. The van der Waals surface area contributed by atoms with Gasteiger partial charge in [-0.15, -0.1) is 0 Å². The maximum Gasteiger partial charge on any atom is 0.419 e. The fraction of sp³-hybridized carbons (Fsp3) is 0.536. The summed E-state index contributed by atoms with van der Waals surface area (Å²) in [5.41, 5.74) is -0.517. The lowest BCUT2D eigenvalue weighted by Crippen LogP contribution is -2.41. The van der Waals surface area contributed by atoms with Crippen LogP contribution >= 0.6 is 0 Å². The molecule has 2 heterocycles. The van der Waals surface area contributed by atoms with Crippen LogP contribution in [-0.4, -0.2) is 51.6 Å². The van der Waals surface area contributed by atoms with Gasteiger partial charge in [-0.1, -0.05) is 19.9 Å². The highest BCUT2D eigenvalue weighted by Crippen LogP contribution is 2.30. The normalized spacial score (nSPS) is 17.1. The van der Waals surface area contributed by atoms with Gasteiger partial charge in [0.2, 0.25) is 11.8 Å². The van der Waals surface area contributed by atoms with E-state index in [1.165, 1.54) is 12.1 Å². The first-order chi connectivity index (χ1) is 17.8. The number of rotatable bonds is 9. The maximum absolute atomic E-state index is 13.6. The highest BCUT2D eigenvalue weighted by Gasteiger charge is 2.32. The molecular formula is C28H36N4O6. The van der Waals surface area contributed by atoms with Crippen molar-refractivity contribution < 1.29 is 29.0 Å². The predicted octanol–water partition coefficient (Wildman–Crippen LogP) is 3.90. The Hall–Kier alpha value is -3.87. The summed E-state index contributed by atoms with van der Waals surface area (Å²) < 4.78 is 6.65. The number of aromatic hydroxyl groups is 1. The lowest BCUT2D eigenvalue weighted by molar-refractivity contribution is -0.127. The van der Waals surface area contributed by atoms with Crippen LogP contribution in [0.4, 0.5) is 4.79 Å². The first kappa shape index (κ1) is 28.7. The van der Waals surface area contributed by atoms with Crippen molar-refractivity contribution in [2.24, 2.45) is 17.8 Å². The number of nitrogens with zero attached hydrogens (tertiary/aromatic N) is 2. The second-order valence-electron chi connectivity index (χ2n) is 11.2. The molecule has 3 atom stereocenters. The number of ketones is 1. The van der Waals surface area contributed by atoms with Crippen LogP contribution in [0.5, 0.6) is 5.75 Å². The molecule has 10 nitrogen and oxygen atoms in total. The summed E-state index contributed by atoms with van der Waals surface area (Å²) in [5.74, 6) is -2.21. The van der Waals surface area contributed by atoms with Gasteiger partial charge in [0, 0.05) is 30.2 Å². The van der Waals surface area contributed by atoms with E-state index >= 15 is 0 Å². The zero-order chi connectivity index (χ0) is 28.2. The lowest BCUT2D eigenvalue weighted by Gasteiger charge is -2.22. The van der Waals surface area contributed by atoms with Gasteiger partial charge in [0.25, 0.3) is 0 Å². The third-order valence-corrected chi connectivity index (χ3v) is 6.40. The van der Waals surface area contributed by atoms with Crippen molar-refractivity contribution in [3.8, 4) is 11.8 Å². The van der Waals surface area contributed by atoms with Crippen molar-refractivity contribution in [1.82, 2.24) is 15.2 Å². The van der Waals surface area contributed by atoms with Crippen LogP contribution < -0.4 is 10.6 Å². The molecule has 0 spiro atoms. The molecule has 3 unspecified atom stereocenters. The van der Waals surface area contributed by atoms with E-state index in [4.69, 9.17) is 4.74 Å². The first-order valence-electron chi connectivity index (χ1n) is 12.9. The Balaban J connectivity index is 1.88. The molecule has 3 rings (SSSR count). The molecule has 1 fully saturated rings. The third-order valence-electron chi connectivity index (χ3n) is 6.40. The highest BCUT2D eigenvalue weighted by atomic mass is 16.6. The molecule has 38 heavy (non-hydrogen) atoms. The SMILES string of the molecule is CC(C)CC(CC(=O)c1cc2c(O)cccc2n1C(=O)OC(C)(C)C)C(=O)NC(C#N)CC1CCNC1=O. The summed E-state index contributed by atoms with van der Waals surface area (Å²) in [6.07, 6.45) is 0.181. The lowest BCUT2D eigenvalue weighted by atomic mass is 9.90. The monoisotopic (exact) mass is 524 g/mol. The van der Waals surface area contributed by atoms with Crippen LogP contribution in [-0.2, 0) is 14.3 Å². The largest absolute Gasteiger partial charge is 0.507 e. The minimum Gasteiger partial charge on any atom is -0.507 e. The number of hydrogen-bond acceptors (Lipinski definition) is 7. The topological polar surface area (TPSA) is 151 Å². The molecule has 1 aromatic heterocycles. The number of phenolic OH excluding ortho intramolecular Hbond substituents is 1. The van der Waals surface area contributed by atoms with Gasteiger partial charge in [-0.25, -0.2) is 9.36 Å². The molecule has 1 aliphatic rings. The number of benzene rings is 1. The van der Waals surface area contributed by atoms with E-state index in [0.717, 1.165) is 4.57 Å². The van der Waals surface area contributed by atoms with E-state index in [-0.39, 0.29) is 42.0 Å². The number of hydrogen-bond donors (Lipinski definition) is 3. The van der Waals surface area contributed by atoms with Gasteiger partial charge in [0.15, 0.2) is 5.78 Å². The van der Waals surface area contributed by atoms with Crippen LogP contribution in [0, 0.1) is 29.1 Å². The number of ether oxygens (including phenoxy) is 1. The zero-order valence-corrected chi connectivity index (χ0v) is 22.5. The van der Waals surface area contributed by atoms with Crippen LogP contribution in [0.25, 0.3) is 10.9 Å². The molecular weight excluding hydrogens is 488 g/mol. The standard InChI is InChI=1S/C28H36N4O6/c1-16(2)11-18(26(36)31-19(15-29)12-17-9-10-30-25(17)35)13-24(34)22-14-20-21(7-6-8-23(20)33)32(22)27(37)38-28(3,4)5/h6-8,14,16-19,33H,9-13H2,1-5H3,(H,30,35)(H,31,36). The third kappa shape index (κ3) is 6.91. The number of amides is 2. The Morgan fingerprint density at radius 3 is 2.58 bits per heavy atom. The van der Waals surface area contributed by atoms with E-state index in [0.29, 0.717) is 30.3 Å². The summed E-state index contributed by atoms with van der Waals surface area (Å²) in [6, 6.07) is 7.23. The zero-order valence-electron chi connectivity index (χ0n) is 22.5. The summed E-state index contributed by atoms with van der Waals surface area (Å²) in [6.45, 7) is 9.51. The van der Waals surface area contributed by atoms with Crippen molar-refractivity contribution >= 4 is 34.6 Å². The van der Waals surface area contributed by atoms with Crippen LogP contribution in [0.3, 0.4) is 0 Å². The number of aromatic nitrogens is 1. The van der Waals surface area contributed by atoms with Gasteiger partial charge in [-0.3, -0.25) is 14.4 Å². The van der Waals surface area contributed by atoms with Gasteiger partial charge in [-0.05, 0) is 64.2 Å². The van der Waals surface area contributed by atoms with E-state index in [1.54, 1.807) is 32.9 Å². The number of carbonyl (C=O) groups excluding carboxylic acids is 4. The van der Waals surface area contributed by atoms with Crippen LogP contribution in [0.1, 0.15) is 70.8 Å². The van der Waals surface area contributed by atoms with E-state index in [9.17, 15) is 29.5 Å². The Labute approximate surface area is 222 Å². The van der Waals surface area contributed by atoms with Crippen molar-refractivity contribution in [2.45, 2.75) is 71.9 Å². The minimum absolute atomic E-state index is 0.00299. The molecule has 204 valence electrons. The van der Waals surface area contributed by atoms with Gasteiger partial charge in [-0.2, -0.15) is 5.26 Å². The number of fused-ring (bicyclic) bond motifs is 1. The molecule has 2 aromatic rings. The Morgan fingerprint density at radius 2 is 2.00 bits per heavy atom. The number of carbonyl (C=O) groups is 4. The Bertz CT molecular complexity index is 1270. The molecule has 0 aliphatic carbocycles. The second kappa shape index (κ2) is 11.7. The molecule has 0 bridgehead atoms. The molecule has 0 saturated carbocycles. The van der Waals surface area contributed by atoms with E-state index in [2.05, 4.69) is 16.7 Å². The van der Waals surface area contributed by atoms with Gasteiger partial charge >= 0.3 is 6.09 Å². The fourth-order valence-electron chi connectivity index (χ4n) is 4.69. The smallest absolute Gasteiger partial charge is 0.419 e. The van der Waals surface area contributed by atoms with E-state index < -0.39 is 35.3 Å². The molecule has 1 aliphatic heterocycles. The van der Waals surface area contributed by atoms with Crippen molar-refractivity contribution in [1.29, 1.82) is 5.26 Å². The van der Waals surface area contributed by atoms with Crippen molar-refractivity contribution in [3.63, 3.8) is 0 Å². The molecule has 1 saturated heterocycles. The van der Waals surface area contributed by atoms with Gasteiger partial charge < -0.3 is 20.5 Å². The molecule has 0 radical (unpaired) electrons. The van der Waals surface area contributed by atoms with Crippen molar-refractivity contribution in [2.75, 3.05) is 6.54 Å². The van der Waals surface area contributed by atoms with E-state index in [1.807, 2.05) is 13.8 Å². The maximum atomic E-state index is 13.6. The Kier molecular flexibility index (Phi) is 8.82. The average Bonchev–Trinajstić information content (AvgIpc) is 3.41. The summed E-state index contributed by atoms with van der Waals surface area (Å²) in [4.78, 5) is 51.9. The highest BCUT2D eigenvalue weighted by molar-refractivity contribution is 6.07. The first-order valence-corrected chi connectivity index (χ1v) is 12.9. The Morgan fingerprint density at radius 1 is 1.29 bits per heavy atom. The van der Waals surface area contributed by atoms with Gasteiger partial charge in [0.1, 0.15) is 17.4 Å². The van der Waals surface area contributed by atoms with Crippen LogP contribution in [0.15, 0.2) is 24.3 Å². The van der Waals surface area contributed by atoms with Crippen molar-refractivity contribution in [3.05, 3.63) is 30.0 Å². The summed E-state index contributed by atoms with van der Waals surface area (Å²) >= 11 is 0. The molecule has 3 N–H and O–H groups in total. The quantitative estimate of drug-likeness (QED) is 0.421. The predicted molar refractivity (Wildman–Crippen MR) is 140 cm³/mol.